The second-order valence-corrected chi connectivity index (χ2v) is 5.86. The third-order valence-corrected chi connectivity index (χ3v) is 4.22. The number of carbonyl (C=O) groups excluding carboxylic acids is 1. The second-order valence-electron chi connectivity index (χ2n) is 5.00. The van der Waals surface area contributed by atoms with E-state index in [1.807, 2.05) is 12.1 Å². The van der Waals surface area contributed by atoms with Crippen molar-refractivity contribution in [2.24, 2.45) is 5.73 Å². The van der Waals surface area contributed by atoms with Crippen molar-refractivity contribution in [1.82, 2.24) is 10.6 Å². The summed E-state index contributed by atoms with van der Waals surface area (Å²) >= 11 is 3.59. The van der Waals surface area contributed by atoms with E-state index in [0.717, 1.165) is 17.3 Å². The topological polar surface area (TPSA) is 67.1 Å². The molecule has 2 rings (SSSR count). The molecule has 1 fully saturated rings. The summed E-state index contributed by atoms with van der Waals surface area (Å²) in [6, 6.07) is 8.25. The van der Waals surface area contributed by atoms with Crippen LogP contribution in [0.25, 0.3) is 0 Å². The van der Waals surface area contributed by atoms with E-state index < -0.39 is 0 Å². The molecule has 1 aromatic carbocycles. The van der Waals surface area contributed by atoms with Gasteiger partial charge in [-0.25, -0.2) is 0 Å². The summed E-state index contributed by atoms with van der Waals surface area (Å²) in [6.07, 6.45) is 2.26. The molecule has 0 radical (unpaired) electrons. The third-order valence-electron chi connectivity index (χ3n) is 3.53. The monoisotopic (exact) mass is 325 g/mol. The Balaban J connectivity index is 1.86. The van der Waals surface area contributed by atoms with Gasteiger partial charge in [-0.05, 0) is 24.5 Å². The zero-order valence-corrected chi connectivity index (χ0v) is 12.5. The standard InChI is InChI=1S/C14H20BrN3O/c15-12-4-2-1-3-11(12)14(5-6-14)10-18-13(19)9-17-8-7-16/h1-4,17H,5-10,16H2,(H,18,19). The normalized spacial score (nSPS) is 16.1. The number of carbonyl (C=O) groups is 1. The minimum atomic E-state index is 0.0341. The average Bonchev–Trinajstić information content (AvgIpc) is 3.18. The number of amides is 1. The lowest BCUT2D eigenvalue weighted by Crippen LogP contribution is -2.39. The van der Waals surface area contributed by atoms with E-state index in [1.54, 1.807) is 0 Å². The predicted molar refractivity (Wildman–Crippen MR) is 80.0 cm³/mol. The Morgan fingerprint density at radius 3 is 2.74 bits per heavy atom. The molecule has 1 aliphatic rings. The van der Waals surface area contributed by atoms with Gasteiger partial charge in [0.1, 0.15) is 0 Å². The lowest BCUT2D eigenvalue weighted by atomic mass is 9.96. The van der Waals surface area contributed by atoms with Crippen LogP contribution >= 0.6 is 15.9 Å². The fourth-order valence-electron chi connectivity index (χ4n) is 2.22. The Morgan fingerprint density at radius 2 is 2.11 bits per heavy atom. The molecular formula is C14H20BrN3O. The molecule has 0 spiro atoms. The smallest absolute Gasteiger partial charge is 0.233 e. The van der Waals surface area contributed by atoms with Gasteiger partial charge >= 0.3 is 0 Å². The largest absolute Gasteiger partial charge is 0.354 e. The van der Waals surface area contributed by atoms with Crippen molar-refractivity contribution in [1.29, 1.82) is 0 Å². The van der Waals surface area contributed by atoms with Gasteiger partial charge in [0, 0.05) is 29.5 Å². The molecule has 0 unspecified atom stereocenters. The van der Waals surface area contributed by atoms with E-state index in [0.29, 0.717) is 26.2 Å². The van der Waals surface area contributed by atoms with Gasteiger partial charge < -0.3 is 16.4 Å². The van der Waals surface area contributed by atoms with Crippen molar-refractivity contribution in [3.05, 3.63) is 34.3 Å². The first kappa shape index (κ1) is 14.5. The molecule has 104 valence electrons. The van der Waals surface area contributed by atoms with Crippen molar-refractivity contribution < 1.29 is 4.79 Å². The molecule has 1 amide bonds. The summed E-state index contributed by atoms with van der Waals surface area (Å²) in [4.78, 5) is 11.7. The third kappa shape index (κ3) is 3.78. The van der Waals surface area contributed by atoms with E-state index >= 15 is 0 Å². The Labute approximate surface area is 122 Å². The highest BCUT2D eigenvalue weighted by molar-refractivity contribution is 9.10. The van der Waals surface area contributed by atoms with E-state index in [-0.39, 0.29) is 11.3 Å². The zero-order valence-electron chi connectivity index (χ0n) is 10.9. The molecule has 4 N–H and O–H groups in total. The van der Waals surface area contributed by atoms with Crippen LogP contribution in [0.2, 0.25) is 0 Å². The lowest BCUT2D eigenvalue weighted by Gasteiger charge is -2.18. The fourth-order valence-corrected chi connectivity index (χ4v) is 2.92. The Morgan fingerprint density at radius 1 is 1.37 bits per heavy atom. The van der Waals surface area contributed by atoms with E-state index in [2.05, 4.69) is 38.7 Å². The second kappa shape index (κ2) is 6.50. The number of halogens is 1. The first-order chi connectivity index (χ1) is 9.18. The van der Waals surface area contributed by atoms with Crippen LogP contribution in [0, 0.1) is 0 Å². The fraction of sp³-hybridized carbons (Fsp3) is 0.500. The number of benzene rings is 1. The maximum Gasteiger partial charge on any atom is 0.233 e. The van der Waals surface area contributed by atoms with Gasteiger partial charge in [0.25, 0.3) is 0 Å². The number of nitrogens with two attached hydrogens (primary N) is 1. The van der Waals surface area contributed by atoms with E-state index in [4.69, 9.17) is 5.73 Å². The predicted octanol–water partition coefficient (Wildman–Crippen LogP) is 1.15. The highest BCUT2D eigenvalue weighted by Crippen LogP contribution is 2.49. The molecular weight excluding hydrogens is 306 g/mol. The van der Waals surface area contributed by atoms with E-state index in [1.165, 1.54) is 5.56 Å². The summed E-state index contributed by atoms with van der Waals surface area (Å²) in [7, 11) is 0. The van der Waals surface area contributed by atoms with Crippen LogP contribution < -0.4 is 16.4 Å². The van der Waals surface area contributed by atoms with Crippen LogP contribution in [0.1, 0.15) is 18.4 Å². The summed E-state index contributed by atoms with van der Waals surface area (Å²) in [5, 5.41) is 6.00. The quantitative estimate of drug-likeness (QED) is 0.659. The van der Waals surface area contributed by atoms with Crippen molar-refractivity contribution in [3.63, 3.8) is 0 Å². The van der Waals surface area contributed by atoms with Crippen molar-refractivity contribution >= 4 is 21.8 Å². The first-order valence-corrected chi connectivity index (χ1v) is 7.40. The molecule has 4 nitrogen and oxygen atoms in total. The first-order valence-electron chi connectivity index (χ1n) is 6.60. The SMILES string of the molecule is NCCNCC(=O)NCC1(c2ccccc2Br)CC1. The lowest BCUT2D eigenvalue weighted by molar-refractivity contribution is -0.120. The Hall–Kier alpha value is -0.910. The molecule has 5 heteroatoms. The molecule has 0 aromatic heterocycles. The molecule has 1 aliphatic carbocycles. The maximum atomic E-state index is 11.7. The van der Waals surface area contributed by atoms with Crippen LogP contribution in [0.4, 0.5) is 0 Å². The van der Waals surface area contributed by atoms with Crippen molar-refractivity contribution in [2.75, 3.05) is 26.2 Å². The minimum Gasteiger partial charge on any atom is -0.354 e. The summed E-state index contributed by atoms with van der Waals surface area (Å²) in [6.45, 7) is 2.26. The highest BCUT2D eigenvalue weighted by atomic mass is 79.9. The minimum absolute atomic E-state index is 0.0341. The van der Waals surface area contributed by atoms with Crippen LogP contribution in [-0.4, -0.2) is 32.1 Å². The van der Waals surface area contributed by atoms with E-state index in [9.17, 15) is 4.79 Å². The summed E-state index contributed by atoms with van der Waals surface area (Å²) < 4.78 is 1.13. The van der Waals surface area contributed by atoms with Gasteiger partial charge in [0.15, 0.2) is 0 Å². The summed E-state index contributed by atoms with van der Waals surface area (Å²) in [5.74, 6) is 0.0341. The molecule has 0 bridgehead atoms. The molecule has 0 heterocycles. The Bertz CT molecular complexity index is 446. The maximum absolute atomic E-state index is 11.7. The van der Waals surface area contributed by atoms with Gasteiger partial charge in [-0.3, -0.25) is 4.79 Å². The molecule has 0 aliphatic heterocycles. The van der Waals surface area contributed by atoms with Crippen LogP contribution in [0.3, 0.4) is 0 Å². The molecule has 0 atom stereocenters. The summed E-state index contributed by atoms with van der Waals surface area (Å²) in [5.41, 5.74) is 6.79. The molecule has 1 aromatic rings. The molecule has 1 saturated carbocycles. The molecule has 19 heavy (non-hydrogen) atoms. The van der Waals surface area contributed by atoms with Gasteiger partial charge in [-0.2, -0.15) is 0 Å². The van der Waals surface area contributed by atoms with Gasteiger partial charge in [0.05, 0.1) is 6.54 Å². The number of rotatable bonds is 7. The average molecular weight is 326 g/mol. The van der Waals surface area contributed by atoms with Crippen LogP contribution in [0.15, 0.2) is 28.7 Å². The van der Waals surface area contributed by atoms with Crippen LogP contribution in [-0.2, 0) is 10.2 Å². The van der Waals surface area contributed by atoms with Crippen molar-refractivity contribution in [3.8, 4) is 0 Å². The van der Waals surface area contributed by atoms with Gasteiger partial charge in [-0.15, -0.1) is 0 Å². The van der Waals surface area contributed by atoms with Gasteiger partial charge in [0.2, 0.25) is 5.91 Å². The Kier molecular flexibility index (Phi) is 4.96. The van der Waals surface area contributed by atoms with Gasteiger partial charge in [-0.1, -0.05) is 34.1 Å². The number of hydrogen-bond donors (Lipinski definition) is 3. The zero-order chi connectivity index (χ0) is 13.7. The number of nitrogens with one attached hydrogen (secondary N) is 2. The van der Waals surface area contributed by atoms with Crippen molar-refractivity contribution in [2.45, 2.75) is 18.3 Å². The van der Waals surface area contributed by atoms with Crippen LogP contribution in [0.5, 0.6) is 0 Å². The highest BCUT2D eigenvalue weighted by Gasteiger charge is 2.45. The number of hydrogen-bond acceptors (Lipinski definition) is 3. The molecule has 0 saturated heterocycles.